The summed E-state index contributed by atoms with van der Waals surface area (Å²) in [5, 5.41) is 32.4. The van der Waals surface area contributed by atoms with Crippen LogP contribution in [0.4, 0.5) is 0 Å². The first kappa shape index (κ1) is 30.2. The number of aromatic hydroxyl groups is 2. The molecule has 1 saturated heterocycles. The molecule has 2 amide bonds. The fourth-order valence-electron chi connectivity index (χ4n) is 7.52. The number of aliphatic hydroxyl groups is 1. The number of benzene rings is 1. The maximum atomic E-state index is 13.6. The number of hydrogen-bond donors (Lipinski definition) is 4. The van der Waals surface area contributed by atoms with Gasteiger partial charge in [-0.2, -0.15) is 0 Å². The van der Waals surface area contributed by atoms with E-state index in [4.69, 9.17) is 4.74 Å². The van der Waals surface area contributed by atoms with Crippen LogP contribution in [0.2, 0.25) is 0 Å². The van der Waals surface area contributed by atoms with Crippen molar-refractivity contribution in [2.75, 3.05) is 13.2 Å². The van der Waals surface area contributed by atoms with Gasteiger partial charge in [0.05, 0.1) is 6.61 Å². The Labute approximate surface area is 237 Å². The SMILES string of the molecule is CC(C)CC(NC(=O)C(O)Cc1ccc(O)c(O)c1)C(=O)N1CCCC1C(=O)OCCC1CCC2(C)C1C2(C)C. The summed E-state index contributed by atoms with van der Waals surface area (Å²) in [4.78, 5) is 41.0. The molecule has 222 valence electrons. The van der Waals surface area contributed by atoms with Crippen LogP contribution in [0.3, 0.4) is 0 Å². The van der Waals surface area contributed by atoms with Gasteiger partial charge in [0, 0.05) is 13.0 Å². The molecule has 1 heterocycles. The molecule has 2 aliphatic carbocycles. The topological polar surface area (TPSA) is 136 Å². The second kappa shape index (κ2) is 11.6. The third-order valence-electron chi connectivity index (χ3n) is 9.99. The first-order valence-electron chi connectivity index (χ1n) is 14.7. The molecule has 9 heteroatoms. The van der Waals surface area contributed by atoms with Crippen LogP contribution in [0.15, 0.2) is 18.2 Å². The zero-order valence-corrected chi connectivity index (χ0v) is 24.5. The number of carbonyl (C=O) groups excluding carboxylic acids is 3. The lowest BCUT2D eigenvalue weighted by Gasteiger charge is -2.29. The van der Waals surface area contributed by atoms with Crippen molar-refractivity contribution in [3.05, 3.63) is 23.8 Å². The average Bonchev–Trinajstić information content (AvgIpc) is 3.30. The maximum Gasteiger partial charge on any atom is 0.328 e. The van der Waals surface area contributed by atoms with Gasteiger partial charge in [-0.1, -0.05) is 40.7 Å². The summed E-state index contributed by atoms with van der Waals surface area (Å²) in [7, 11) is 0. The third kappa shape index (κ3) is 5.94. The number of ether oxygens (including phenoxy) is 1. The van der Waals surface area contributed by atoms with Crippen LogP contribution in [-0.4, -0.2) is 69.3 Å². The van der Waals surface area contributed by atoms with Crippen LogP contribution in [0, 0.1) is 28.6 Å². The zero-order valence-electron chi connectivity index (χ0n) is 24.5. The largest absolute Gasteiger partial charge is 0.504 e. The van der Waals surface area contributed by atoms with Gasteiger partial charge in [-0.25, -0.2) is 4.79 Å². The molecule has 40 heavy (non-hydrogen) atoms. The summed E-state index contributed by atoms with van der Waals surface area (Å²) < 4.78 is 5.70. The molecule has 0 spiro atoms. The van der Waals surface area contributed by atoms with Gasteiger partial charge >= 0.3 is 5.97 Å². The monoisotopic (exact) mass is 558 g/mol. The Hall–Kier alpha value is -2.81. The average molecular weight is 559 g/mol. The van der Waals surface area contributed by atoms with Crippen LogP contribution in [0.25, 0.3) is 0 Å². The number of nitrogens with one attached hydrogen (secondary N) is 1. The summed E-state index contributed by atoms with van der Waals surface area (Å²) in [6.45, 7) is 11.7. The standard InChI is InChI=1S/C31H46N2O7/c1-18(2)15-21(32-27(37)25(36)17-19-8-9-23(34)24(35)16-19)28(38)33-13-6-7-22(33)29(39)40-14-11-20-10-12-31(5)26(20)30(31,3)4/h8-9,16,18,20-22,25-26,34-36H,6-7,10-15,17H2,1-5H3,(H,32,37). The van der Waals surface area contributed by atoms with E-state index in [-0.39, 0.29) is 35.7 Å². The number of fused-ring (bicyclic) bond motifs is 1. The Kier molecular flexibility index (Phi) is 8.74. The highest BCUT2D eigenvalue weighted by Gasteiger charge is 2.72. The summed E-state index contributed by atoms with van der Waals surface area (Å²) in [5.41, 5.74) is 1.22. The van der Waals surface area contributed by atoms with Crippen molar-refractivity contribution in [3.8, 4) is 11.5 Å². The zero-order chi connectivity index (χ0) is 29.4. The number of phenolic OH excluding ortho intramolecular Hbond substituents is 2. The number of hydrogen-bond acceptors (Lipinski definition) is 7. The van der Waals surface area contributed by atoms with Gasteiger partial charge in [-0.05, 0) is 84.8 Å². The van der Waals surface area contributed by atoms with E-state index in [9.17, 15) is 29.7 Å². The highest BCUT2D eigenvalue weighted by Crippen LogP contribution is 2.78. The minimum absolute atomic E-state index is 0.0808. The van der Waals surface area contributed by atoms with Crippen LogP contribution >= 0.6 is 0 Å². The smallest absolute Gasteiger partial charge is 0.328 e. The van der Waals surface area contributed by atoms with Crippen molar-refractivity contribution < 1.29 is 34.4 Å². The quantitative estimate of drug-likeness (QED) is 0.241. The lowest BCUT2D eigenvalue weighted by Crippen LogP contribution is -2.54. The summed E-state index contributed by atoms with van der Waals surface area (Å²) in [6.07, 6.45) is 3.25. The number of nitrogens with zero attached hydrogens (tertiary/aromatic N) is 1. The van der Waals surface area contributed by atoms with E-state index in [1.165, 1.54) is 35.9 Å². The maximum absolute atomic E-state index is 13.6. The molecule has 1 aliphatic heterocycles. The molecule has 4 N–H and O–H groups in total. The molecule has 9 nitrogen and oxygen atoms in total. The van der Waals surface area contributed by atoms with Crippen LogP contribution in [-0.2, 0) is 25.5 Å². The van der Waals surface area contributed by atoms with Crippen molar-refractivity contribution in [1.82, 2.24) is 10.2 Å². The number of rotatable bonds is 11. The minimum atomic E-state index is -1.46. The van der Waals surface area contributed by atoms with Crippen LogP contribution < -0.4 is 5.32 Å². The summed E-state index contributed by atoms with van der Waals surface area (Å²) in [6, 6.07) is 2.50. The Morgan fingerprint density at radius 1 is 1.12 bits per heavy atom. The van der Waals surface area contributed by atoms with E-state index in [0.29, 0.717) is 60.6 Å². The fourth-order valence-corrected chi connectivity index (χ4v) is 7.52. The second-order valence-electron chi connectivity index (χ2n) is 13.3. The molecular weight excluding hydrogens is 512 g/mol. The van der Waals surface area contributed by atoms with Crippen LogP contribution in [0.1, 0.15) is 78.7 Å². The molecule has 0 radical (unpaired) electrons. The Morgan fingerprint density at radius 2 is 1.85 bits per heavy atom. The molecule has 1 aromatic rings. The van der Waals surface area contributed by atoms with Crippen molar-refractivity contribution >= 4 is 17.8 Å². The number of amides is 2. The van der Waals surface area contributed by atoms with Crippen molar-refractivity contribution in [2.24, 2.45) is 28.6 Å². The molecule has 0 aromatic heterocycles. The molecule has 3 fully saturated rings. The van der Waals surface area contributed by atoms with Crippen molar-refractivity contribution in [2.45, 2.75) is 97.8 Å². The third-order valence-corrected chi connectivity index (χ3v) is 9.99. The van der Waals surface area contributed by atoms with Crippen molar-refractivity contribution in [3.63, 3.8) is 0 Å². The highest BCUT2D eigenvalue weighted by atomic mass is 16.5. The number of phenols is 2. The number of carbonyl (C=O) groups is 3. The molecular formula is C31H46N2O7. The molecule has 6 atom stereocenters. The van der Waals surface area contributed by atoms with E-state index in [2.05, 4.69) is 26.1 Å². The first-order chi connectivity index (χ1) is 18.8. The molecule has 3 aliphatic rings. The van der Waals surface area contributed by atoms with E-state index in [1.54, 1.807) is 0 Å². The lowest BCUT2D eigenvalue weighted by atomic mass is 9.88. The predicted octanol–water partition coefficient (Wildman–Crippen LogP) is 3.53. The molecule has 0 bridgehead atoms. The lowest BCUT2D eigenvalue weighted by molar-refractivity contribution is -0.154. The van der Waals surface area contributed by atoms with E-state index >= 15 is 0 Å². The Morgan fingerprint density at radius 3 is 2.48 bits per heavy atom. The van der Waals surface area contributed by atoms with Crippen molar-refractivity contribution in [1.29, 1.82) is 0 Å². The van der Waals surface area contributed by atoms with Gasteiger partial charge in [-0.15, -0.1) is 0 Å². The van der Waals surface area contributed by atoms with Crippen LogP contribution in [0.5, 0.6) is 11.5 Å². The Bertz CT molecular complexity index is 1120. The van der Waals surface area contributed by atoms with Gasteiger partial charge < -0.3 is 30.3 Å². The molecule has 4 rings (SSSR count). The Balaban J connectivity index is 1.32. The molecule has 2 saturated carbocycles. The van der Waals surface area contributed by atoms with Gasteiger partial charge in [-0.3, -0.25) is 9.59 Å². The normalized spacial score (nSPS) is 28.2. The molecule has 6 unspecified atom stereocenters. The summed E-state index contributed by atoms with van der Waals surface area (Å²) >= 11 is 0. The van der Waals surface area contributed by atoms with Gasteiger partial charge in [0.25, 0.3) is 0 Å². The second-order valence-corrected chi connectivity index (χ2v) is 13.3. The van der Waals surface area contributed by atoms with Gasteiger partial charge in [0.1, 0.15) is 18.2 Å². The highest BCUT2D eigenvalue weighted by molar-refractivity contribution is 5.92. The number of esters is 1. The molecule has 1 aromatic carbocycles. The van der Waals surface area contributed by atoms with Gasteiger partial charge in [0.15, 0.2) is 11.5 Å². The summed E-state index contributed by atoms with van der Waals surface area (Å²) in [5.74, 6) is -0.754. The van der Waals surface area contributed by atoms with E-state index < -0.39 is 24.1 Å². The fraction of sp³-hybridized carbons (Fsp3) is 0.710. The minimum Gasteiger partial charge on any atom is -0.504 e. The number of likely N-dealkylation sites (tertiary alicyclic amines) is 1. The first-order valence-corrected chi connectivity index (χ1v) is 14.7. The van der Waals surface area contributed by atoms with E-state index in [0.717, 1.165) is 6.42 Å². The predicted molar refractivity (Wildman–Crippen MR) is 149 cm³/mol. The van der Waals surface area contributed by atoms with Gasteiger partial charge in [0.2, 0.25) is 11.8 Å². The number of aliphatic hydroxyl groups excluding tert-OH is 1. The van der Waals surface area contributed by atoms with E-state index in [1.807, 2.05) is 13.8 Å².